The zero-order valence-electron chi connectivity index (χ0n) is 13.3. The number of nitrogens with zero attached hydrogens (tertiary/aromatic N) is 3. The fourth-order valence-electron chi connectivity index (χ4n) is 2.48. The van der Waals surface area contributed by atoms with Crippen molar-refractivity contribution in [3.05, 3.63) is 58.5 Å². The van der Waals surface area contributed by atoms with Crippen molar-refractivity contribution in [3.8, 4) is 11.4 Å². The van der Waals surface area contributed by atoms with Crippen LogP contribution in [0.1, 0.15) is 15.2 Å². The molecule has 0 saturated heterocycles. The lowest BCUT2D eigenvalue weighted by molar-refractivity contribution is 0.0942. The lowest BCUT2D eigenvalue weighted by Gasteiger charge is -2.16. The Morgan fingerprint density at radius 2 is 2.17 bits per heavy atom. The lowest BCUT2D eigenvalue weighted by Crippen LogP contribution is -2.41. The summed E-state index contributed by atoms with van der Waals surface area (Å²) < 4.78 is 1.68. The number of aromatic nitrogens is 3. The summed E-state index contributed by atoms with van der Waals surface area (Å²) in [5.74, 6) is 0.629. The molecule has 0 fully saturated rings. The van der Waals surface area contributed by atoms with E-state index in [0.29, 0.717) is 17.8 Å². The Morgan fingerprint density at radius 3 is 2.83 bits per heavy atom. The first-order valence-electron chi connectivity index (χ1n) is 7.65. The first-order chi connectivity index (χ1) is 11.7. The van der Waals surface area contributed by atoms with Gasteiger partial charge in [-0.2, -0.15) is 5.10 Å². The molecule has 0 aliphatic rings. The summed E-state index contributed by atoms with van der Waals surface area (Å²) in [6.07, 6.45) is 2.21. The molecule has 1 aromatic carbocycles. The van der Waals surface area contributed by atoms with E-state index >= 15 is 0 Å². The van der Waals surface area contributed by atoms with Crippen molar-refractivity contribution >= 4 is 17.2 Å². The molecule has 3 rings (SSSR count). The van der Waals surface area contributed by atoms with Crippen molar-refractivity contribution in [1.82, 2.24) is 20.1 Å². The Kier molecular flexibility index (Phi) is 5.02. The van der Waals surface area contributed by atoms with E-state index < -0.39 is 0 Å². The minimum Gasteiger partial charge on any atom is -0.347 e. The van der Waals surface area contributed by atoms with Crippen LogP contribution in [0.4, 0.5) is 0 Å². The second-order valence-corrected chi connectivity index (χ2v) is 6.41. The van der Waals surface area contributed by atoms with Crippen molar-refractivity contribution in [2.75, 3.05) is 6.54 Å². The third kappa shape index (κ3) is 3.69. The standard InChI is InChI=1S/C17H19N5OS/c1-22-16(19-11-20-22)13-8-15(24-10-13)17(23)21-14(9-18)7-12-5-3-2-4-6-12/h2-6,8,10-11,14H,7,9,18H2,1H3,(H,21,23)/t14-/m0/s1. The number of thiophene rings is 1. The van der Waals surface area contributed by atoms with Gasteiger partial charge >= 0.3 is 0 Å². The topological polar surface area (TPSA) is 85.8 Å². The van der Waals surface area contributed by atoms with Gasteiger partial charge < -0.3 is 11.1 Å². The van der Waals surface area contributed by atoms with E-state index in [4.69, 9.17) is 5.73 Å². The monoisotopic (exact) mass is 341 g/mol. The van der Waals surface area contributed by atoms with Gasteiger partial charge in [-0.15, -0.1) is 11.3 Å². The first kappa shape index (κ1) is 16.4. The molecule has 0 radical (unpaired) electrons. The summed E-state index contributed by atoms with van der Waals surface area (Å²) in [7, 11) is 1.82. The van der Waals surface area contributed by atoms with Crippen molar-refractivity contribution in [3.63, 3.8) is 0 Å². The van der Waals surface area contributed by atoms with Gasteiger partial charge in [-0.1, -0.05) is 30.3 Å². The molecule has 0 aliphatic heterocycles. The van der Waals surface area contributed by atoms with Crippen molar-refractivity contribution < 1.29 is 4.79 Å². The molecule has 0 spiro atoms. The average molecular weight is 341 g/mol. The largest absolute Gasteiger partial charge is 0.347 e. The number of nitrogens with two attached hydrogens (primary N) is 1. The number of carbonyl (C=O) groups excluding carboxylic acids is 1. The maximum absolute atomic E-state index is 12.5. The summed E-state index contributed by atoms with van der Waals surface area (Å²) in [6.45, 7) is 0.391. The molecule has 7 heteroatoms. The zero-order chi connectivity index (χ0) is 16.9. The summed E-state index contributed by atoms with van der Waals surface area (Å²) in [5, 5.41) is 8.97. The number of benzene rings is 1. The van der Waals surface area contributed by atoms with E-state index in [0.717, 1.165) is 17.0 Å². The van der Waals surface area contributed by atoms with Crippen LogP contribution in [0.15, 0.2) is 48.1 Å². The number of hydrogen-bond acceptors (Lipinski definition) is 5. The highest BCUT2D eigenvalue weighted by Crippen LogP contribution is 2.23. The van der Waals surface area contributed by atoms with Crippen molar-refractivity contribution in [2.45, 2.75) is 12.5 Å². The molecule has 3 N–H and O–H groups in total. The number of carbonyl (C=O) groups is 1. The van der Waals surface area contributed by atoms with E-state index in [1.54, 1.807) is 4.68 Å². The Balaban J connectivity index is 1.68. The molecule has 124 valence electrons. The number of aryl methyl sites for hydroxylation is 1. The van der Waals surface area contributed by atoms with Gasteiger partial charge in [-0.3, -0.25) is 4.79 Å². The molecule has 3 aromatic rings. The van der Waals surface area contributed by atoms with E-state index in [1.807, 2.05) is 48.8 Å². The fraction of sp³-hybridized carbons (Fsp3) is 0.235. The highest BCUT2D eigenvalue weighted by molar-refractivity contribution is 7.12. The van der Waals surface area contributed by atoms with Gasteiger partial charge in [0.2, 0.25) is 0 Å². The zero-order valence-corrected chi connectivity index (χ0v) is 14.2. The molecular weight excluding hydrogens is 322 g/mol. The summed E-state index contributed by atoms with van der Waals surface area (Å²) >= 11 is 1.39. The SMILES string of the molecule is Cn1ncnc1-c1csc(C(=O)N[C@H](CN)Cc2ccccc2)c1. The molecule has 0 aliphatic carbocycles. The van der Waals surface area contributed by atoms with E-state index in [9.17, 15) is 4.79 Å². The second kappa shape index (κ2) is 7.37. The van der Waals surface area contributed by atoms with E-state index in [1.165, 1.54) is 17.7 Å². The van der Waals surface area contributed by atoms with Gasteiger partial charge in [0, 0.05) is 30.6 Å². The number of rotatable bonds is 6. The Bertz CT molecular complexity index is 811. The van der Waals surface area contributed by atoms with Crippen LogP contribution in [0.3, 0.4) is 0 Å². The summed E-state index contributed by atoms with van der Waals surface area (Å²) in [4.78, 5) is 17.3. The van der Waals surface area contributed by atoms with Crippen LogP contribution in [-0.4, -0.2) is 33.3 Å². The van der Waals surface area contributed by atoms with Crippen LogP contribution in [-0.2, 0) is 13.5 Å². The van der Waals surface area contributed by atoms with Gasteiger partial charge in [0.15, 0.2) is 5.82 Å². The predicted molar refractivity (Wildman–Crippen MR) is 94.8 cm³/mol. The predicted octanol–water partition coefficient (Wildman–Crippen LogP) is 1.84. The second-order valence-electron chi connectivity index (χ2n) is 5.50. The third-order valence-corrected chi connectivity index (χ3v) is 4.67. The third-order valence-electron chi connectivity index (χ3n) is 3.74. The highest BCUT2D eigenvalue weighted by atomic mass is 32.1. The molecular formula is C17H19N5OS. The van der Waals surface area contributed by atoms with Gasteiger partial charge in [0.25, 0.3) is 5.91 Å². The minimum absolute atomic E-state index is 0.0970. The molecule has 1 amide bonds. The number of hydrogen-bond donors (Lipinski definition) is 2. The average Bonchev–Trinajstić information content (AvgIpc) is 3.23. The Hall–Kier alpha value is -2.51. The lowest BCUT2D eigenvalue weighted by atomic mass is 10.1. The summed E-state index contributed by atoms with van der Waals surface area (Å²) in [5.41, 5.74) is 7.85. The van der Waals surface area contributed by atoms with Crippen LogP contribution < -0.4 is 11.1 Å². The fourth-order valence-corrected chi connectivity index (χ4v) is 3.27. The molecule has 1 atom stereocenters. The van der Waals surface area contributed by atoms with Crippen LogP contribution in [0.2, 0.25) is 0 Å². The van der Waals surface area contributed by atoms with Crippen LogP contribution >= 0.6 is 11.3 Å². The van der Waals surface area contributed by atoms with Gasteiger partial charge in [-0.05, 0) is 18.1 Å². The van der Waals surface area contributed by atoms with E-state index in [2.05, 4.69) is 15.4 Å². The smallest absolute Gasteiger partial charge is 0.261 e. The molecule has 2 heterocycles. The number of amides is 1. The van der Waals surface area contributed by atoms with Crippen LogP contribution in [0, 0.1) is 0 Å². The van der Waals surface area contributed by atoms with Crippen molar-refractivity contribution in [1.29, 1.82) is 0 Å². The molecule has 2 aromatic heterocycles. The maximum atomic E-state index is 12.5. The van der Waals surface area contributed by atoms with Gasteiger partial charge in [0.1, 0.15) is 6.33 Å². The van der Waals surface area contributed by atoms with Crippen LogP contribution in [0.25, 0.3) is 11.4 Å². The van der Waals surface area contributed by atoms with E-state index in [-0.39, 0.29) is 11.9 Å². The maximum Gasteiger partial charge on any atom is 0.261 e. The van der Waals surface area contributed by atoms with Gasteiger partial charge in [-0.25, -0.2) is 9.67 Å². The quantitative estimate of drug-likeness (QED) is 0.716. The summed E-state index contributed by atoms with van der Waals surface area (Å²) in [6, 6.07) is 11.7. The Morgan fingerprint density at radius 1 is 1.38 bits per heavy atom. The highest BCUT2D eigenvalue weighted by Gasteiger charge is 2.16. The molecule has 6 nitrogen and oxygen atoms in total. The van der Waals surface area contributed by atoms with Crippen molar-refractivity contribution in [2.24, 2.45) is 12.8 Å². The first-order valence-corrected chi connectivity index (χ1v) is 8.53. The Labute approximate surface area is 144 Å². The molecule has 0 bridgehead atoms. The minimum atomic E-state index is -0.111. The molecule has 0 saturated carbocycles. The van der Waals surface area contributed by atoms with Crippen LogP contribution in [0.5, 0.6) is 0 Å². The molecule has 0 unspecified atom stereocenters. The normalized spacial score (nSPS) is 12.1. The van der Waals surface area contributed by atoms with Gasteiger partial charge in [0.05, 0.1) is 4.88 Å². The number of nitrogens with one attached hydrogen (secondary N) is 1. The molecule has 24 heavy (non-hydrogen) atoms.